The predicted molar refractivity (Wildman–Crippen MR) is 156 cm³/mol. The van der Waals surface area contributed by atoms with Gasteiger partial charge in [-0.25, -0.2) is 4.79 Å². The summed E-state index contributed by atoms with van der Waals surface area (Å²) >= 11 is 7.64. The first kappa shape index (κ1) is 29.5. The van der Waals surface area contributed by atoms with E-state index in [0.717, 1.165) is 21.3 Å². The number of hydrogen-bond acceptors (Lipinski definition) is 7. The van der Waals surface area contributed by atoms with E-state index in [9.17, 15) is 13.8 Å². The fourth-order valence-corrected chi connectivity index (χ4v) is 6.72. The molecule has 0 radical (unpaired) electrons. The monoisotopic (exact) mass is 590 g/mol. The van der Waals surface area contributed by atoms with E-state index < -0.39 is 28.4 Å². The number of esters is 1. The van der Waals surface area contributed by atoms with Gasteiger partial charge in [-0.05, 0) is 55.8 Å². The largest absolute Gasteiger partial charge is 0.458 e. The van der Waals surface area contributed by atoms with Crippen molar-refractivity contribution < 1.29 is 18.5 Å². The van der Waals surface area contributed by atoms with Gasteiger partial charge in [0.25, 0.3) is 0 Å². The minimum absolute atomic E-state index is 0.0748. The third kappa shape index (κ3) is 7.36. The molecular weight excluding hydrogens is 556 g/mol. The highest BCUT2D eigenvalue weighted by Crippen LogP contribution is 2.23. The molecule has 1 saturated heterocycles. The van der Waals surface area contributed by atoms with Crippen molar-refractivity contribution in [2.24, 2.45) is 12.0 Å². The van der Waals surface area contributed by atoms with Crippen LogP contribution in [0.15, 0.2) is 51.7 Å². The Hall–Kier alpha value is -2.53. The van der Waals surface area contributed by atoms with E-state index in [4.69, 9.17) is 16.3 Å². The molecule has 39 heavy (non-hydrogen) atoms. The van der Waals surface area contributed by atoms with Crippen LogP contribution in [0.3, 0.4) is 0 Å². The van der Waals surface area contributed by atoms with Crippen LogP contribution < -0.4 is 4.80 Å². The molecule has 8 nitrogen and oxygen atoms in total. The number of carbonyl (C=O) groups is 2. The van der Waals surface area contributed by atoms with E-state index >= 15 is 0 Å². The second-order valence-electron chi connectivity index (χ2n) is 10.6. The standard InChI is InChI=1S/C28H35ClN4O4S2/c1-28(2,3)37-26(35)24-17-32(16-22-18-38-27(30-4)31(22)5)11-12-33(24)25(34)10-13-39(36)23-9-7-19-14-21(29)8-6-20(19)15-23/h6-9,14-15,18,24H,10-13,16-17H2,1-5H3. The van der Waals surface area contributed by atoms with Crippen LogP contribution in [0.1, 0.15) is 32.9 Å². The zero-order valence-corrected chi connectivity index (χ0v) is 25.4. The van der Waals surface area contributed by atoms with Crippen LogP contribution in [0.25, 0.3) is 10.8 Å². The van der Waals surface area contributed by atoms with Crippen molar-refractivity contribution in [3.63, 3.8) is 0 Å². The maximum Gasteiger partial charge on any atom is 0.330 e. The lowest BCUT2D eigenvalue weighted by atomic mass is 10.1. The number of piperazine rings is 1. The molecule has 2 atom stereocenters. The van der Waals surface area contributed by atoms with Gasteiger partial charge in [0.2, 0.25) is 5.91 Å². The van der Waals surface area contributed by atoms with Gasteiger partial charge in [0.15, 0.2) is 4.80 Å². The van der Waals surface area contributed by atoms with Crippen molar-refractivity contribution >= 4 is 56.4 Å². The first-order valence-corrected chi connectivity index (χ1v) is 15.4. The number of fused-ring (bicyclic) bond motifs is 1. The Balaban J connectivity index is 1.45. The van der Waals surface area contributed by atoms with Crippen LogP contribution in [-0.2, 0) is 38.7 Å². The molecule has 0 saturated carbocycles. The first-order valence-electron chi connectivity index (χ1n) is 12.8. The summed E-state index contributed by atoms with van der Waals surface area (Å²) in [7, 11) is 2.38. The molecule has 3 aromatic rings. The van der Waals surface area contributed by atoms with Gasteiger partial charge in [-0.3, -0.25) is 18.9 Å². The number of ether oxygens (including phenoxy) is 1. The molecule has 4 rings (SSSR count). The number of rotatable bonds is 7. The Morgan fingerprint density at radius 2 is 1.87 bits per heavy atom. The summed E-state index contributed by atoms with van der Waals surface area (Å²) < 4.78 is 20.8. The van der Waals surface area contributed by atoms with E-state index in [1.807, 2.05) is 62.7 Å². The molecule has 1 amide bonds. The van der Waals surface area contributed by atoms with Crippen LogP contribution in [0.2, 0.25) is 5.02 Å². The highest BCUT2D eigenvalue weighted by molar-refractivity contribution is 7.85. The van der Waals surface area contributed by atoms with Crippen molar-refractivity contribution in [2.45, 2.75) is 50.3 Å². The molecule has 0 aliphatic carbocycles. The van der Waals surface area contributed by atoms with Crippen molar-refractivity contribution in [2.75, 3.05) is 32.4 Å². The average molecular weight is 591 g/mol. The number of hydrogen-bond donors (Lipinski definition) is 0. The quantitative estimate of drug-likeness (QED) is 0.389. The first-order chi connectivity index (χ1) is 18.4. The summed E-state index contributed by atoms with van der Waals surface area (Å²) in [6.45, 7) is 7.48. The van der Waals surface area contributed by atoms with Crippen LogP contribution in [-0.4, -0.2) is 74.5 Å². The molecule has 2 unspecified atom stereocenters. The fraction of sp³-hybridized carbons (Fsp3) is 0.464. The number of nitrogens with zero attached hydrogens (tertiary/aromatic N) is 4. The summed E-state index contributed by atoms with van der Waals surface area (Å²) in [5.41, 5.74) is 0.420. The Bertz CT molecular complexity index is 1460. The van der Waals surface area contributed by atoms with E-state index in [0.29, 0.717) is 36.1 Å². The molecule has 1 aliphatic rings. The van der Waals surface area contributed by atoms with Gasteiger partial charge < -0.3 is 14.2 Å². The van der Waals surface area contributed by atoms with Crippen molar-refractivity contribution in [3.8, 4) is 0 Å². The number of aromatic nitrogens is 1. The van der Waals surface area contributed by atoms with Crippen LogP contribution in [0, 0.1) is 0 Å². The number of amides is 1. The Kier molecular flexibility index (Phi) is 9.31. The van der Waals surface area contributed by atoms with Crippen LogP contribution in [0.5, 0.6) is 0 Å². The van der Waals surface area contributed by atoms with Crippen molar-refractivity contribution in [1.29, 1.82) is 0 Å². The van der Waals surface area contributed by atoms with E-state index in [2.05, 4.69) is 15.3 Å². The van der Waals surface area contributed by atoms with Gasteiger partial charge in [-0.1, -0.05) is 23.7 Å². The third-order valence-corrected chi connectivity index (χ3v) is 9.24. The fourth-order valence-electron chi connectivity index (χ4n) is 4.61. The van der Waals surface area contributed by atoms with Gasteiger partial charge in [0, 0.05) is 73.4 Å². The number of thiazole rings is 1. The highest BCUT2D eigenvalue weighted by atomic mass is 35.5. The lowest BCUT2D eigenvalue weighted by Gasteiger charge is -2.41. The number of halogens is 1. The maximum atomic E-state index is 13.4. The second-order valence-corrected chi connectivity index (χ2v) is 13.5. The van der Waals surface area contributed by atoms with E-state index in [1.54, 1.807) is 29.4 Å². The number of benzene rings is 2. The molecule has 0 bridgehead atoms. The number of carbonyl (C=O) groups excluding carboxylic acids is 2. The molecule has 2 aromatic carbocycles. The van der Waals surface area contributed by atoms with Crippen LogP contribution >= 0.6 is 22.9 Å². The van der Waals surface area contributed by atoms with Gasteiger partial charge in [-0.15, -0.1) is 11.3 Å². The summed E-state index contributed by atoms with van der Waals surface area (Å²) in [5, 5.41) is 4.62. The smallest absolute Gasteiger partial charge is 0.330 e. The molecule has 1 aromatic heterocycles. The second kappa shape index (κ2) is 12.3. The van der Waals surface area contributed by atoms with Crippen molar-refractivity contribution in [1.82, 2.24) is 14.4 Å². The van der Waals surface area contributed by atoms with Gasteiger partial charge in [0.05, 0.1) is 10.8 Å². The predicted octanol–water partition coefficient (Wildman–Crippen LogP) is 3.98. The average Bonchev–Trinajstić information content (AvgIpc) is 3.24. The lowest BCUT2D eigenvalue weighted by Crippen LogP contribution is -2.59. The van der Waals surface area contributed by atoms with E-state index in [1.165, 1.54) is 0 Å². The SMILES string of the molecule is CN=c1scc(CN2CCN(C(=O)CCS(=O)c3ccc4cc(Cl)ccc4c3)C(C(=O)OC(C)(C)C)C2)n1C. The summed E-state index contributed by atoms with van der Waals surface area (Å²) in [6, 6.07) is 10.4. The molecule has 210 valence electrons. The molecule has 2 heterocycles. The normalized spacial score (nSPS) is 17.9. The molecule has 1 aliphatic heterocycles. The zero-order valence-electron chi connectivity index (χ0n) is 23.0. The summed E-state index contributed by atoms with van der Waals surface area (Å²) in [5.74, 6) is -0.443. The lowest BCUT2D eigenvalue weighted by molar-refractivity contribution is -0.168. The van der Waals surface area contributed by atoms with Gasteiger partial charge in [0.1, 0.15) is 11.6 Å². The Morgan fingerprint density at radius 1 is 1.15 bits per heavy atom. The topological polar surface area (TPSA) is 84.2 Å². The molecule has 11 heteroatoms. The Labute approximate surface area is 240 Å². The van der Waals surface area contributed by atoms with Crippen molar-refractivity contribution in [3.05, 3.63) is 57.3 Å². The van der Waals surface area contributed by atoms with Gasteiger partial charge >= 0.3 is 5.97 Å². The minimum atomic E-state index is -1.36. The highest BCUT2D eigenvalue weighted by Gasteiger charge is 2.38. The molecule has 1 fully saturated rings. The molecule has 0 N–H and O–H groups in total. The Morgan fingerprint density at radius 3 is 2.56 bits per heavy atom. The zero-order chi connectivity index (χ0) is 28.3. The van der Waals surface area contributed by atoms with Crippen LogP contribution in [0.4, 0.5) is 0 Å². The summed E-state index contributed by atoms with van der Waals surface area (Å²) in [4.78, 5) is 36.2. The summed E-state index contributed by atoms with van der Waals surface area (Å²) in [6.07, 6.45) is 0.0748. The van der Waals surface area contributed by atoms with Gasteiger partial charge in [-0.2, -0.15) is 0 Å². The maximum absolute atomic E-state index is 13.4. The molecule has 0 spiro atoms. The van der Waals surface area contributed by atoms with E-state index in [-0.39, 0.29) is 18.1 Å². The third-order valence-electron chi connectivity index (χ3n) is 6.60. The minimum Gasteiger partial charge on any atom is -0.458 e. The molecular formula is C28H35ClN4O4S2.